The number of anilines is 1. The summed E-state index contributed by atoms with van der Waals surface area (Å²) in [5.41, 5.74) is 7.33. The van der Waals surface area contributed by atoms with E-state index in [2.05, 4.69) is 10.3 Å². The number of hydrogen-bond acceptors (Lipinski definition) is 3. The van der Waals surface area contributed by atoms with E-state index in [1.165, 1.54) is 0 Å². The van der Waals surface area contributed by atoms with Gasteiger partial charge in [-0.2, -0.15) is 0 Å². The Hall–Kier alpha value is -2.43. The van der Waals surface area contributed by atoms with Crippen LogP contribution < -0.4 is 11.1 Å². The Labute approximate surface area is 139 Å². The van der Waals surface area contributed by atoms with E-state index in [0.29, 0.717) is 5.02 Å². The minimum atomic E-state index is -0.443. The summed E-state index contributed by atoms with van der Waals surface area (Å²) in [6, 6.07) is 14.8. The van der Waals surface area contributed by atoms with Crippen LogP contribution >= 0.6 is 11.6 Å². The molecular weight excluding hydrogens is 310 g/mol. The van der Waals surface area contributed by atoms with E-state index in [9.17, 15) is 4.79 Å². The lowest BCUT2D eigenvalue weighted by Gasteiger charge is -2.16. The molecule has 3 rings (SSSR count). The lowest BCUT2D eigenvalue weighted by atomic mass is 9.98. The van der Waals surface area contributed by atoms with Crippen LogP contribution in [-0.2, 0) is 4.79 Å². The van der Waals surface area contributed by atoms with Gasteiger partial charge in [-0.15, -0.1) is 0 Å². The van der Waals surface area contributed by atoms with E-state index in [4.69, 9.17) is 17.3 Å². The van der Waals surface area contributed by atoms with Crippen LogP contribution in [0.25, 0.3) is 10.8 Å². The lowest BCUT2D eigenvalue weighted by molar-refractivity contribution is -0.117. The summed E-state index contributed by atoms with van der Waals surface area (Å²) in [7, 11) is 0. The number of carbonyl (C=O) groups excluding carboxylic acids is 1. The van der Waals surface area contributed by atoms with Crippen LogP contribution in [0.1, 0.15) is 11.5 Å². The molecule has 0 aliphatic heterocycles. The molecule has 0 saturated heterocycles. The Morgan fingerprint density at radius 3 is 2.83 bits per heavy atom. The third-order valence-electron chi connectivity index (χ3n) is 3.71. The number of benzene rings is 2. The maximum atomic E-state index is 12.5. The number of carbonyl (C=O) groups is 1. The molecule has 4 nitrogen and oxygen atoms in total. The number of pyridine rings is 1. The second kappa shape index (κ2) is 6.77. The zero-order valence-electron chi connectivity index (χ0n) is 12.4. The van der Waals surface area contributed by atoms with Crippen LogP contribution in [0.15, 0.2) is 60.9 Å². The van der Waals surface area contributed by atoms with E-state index < -0.39 is 5.92 Å². The topological polar surface area (TPSA) is 68.0 Å². The average Bonchev–Trinajstić information content (AvgIpc) is 2.55. The monoisotopic (exact) mass is 325 g/mol. The highest BCUT2D eigenvalue weighted by Gasteiger charge is 2.19. The minimum Gasteiger partial charge on any atom is -0.329 e. The Kier molecular flexibility index (Phi) is 4.55. The van der Waals surface area contributed by atoms with E-state index >= 15 is 0 Å². The number of aromatic nitrogens is 1. The van der Waals surface area contributed by atoms with Crippen LogP contribution in [0.4, 0.5) is 5.69 Å². The van der Waals surface area contributed by atoms with Gasteiger partial charge >= 0.3 is 0 Å². The van der Waals surface area contributed by atoms with Gasteiger partial charge in [0.2, 0.25) is 5.91 Å². The van der Waals surface area contributed by atoms with Crippen molar-refractivity contribution in [2.75, 3.05) is 11.9 Å². The Morgan fingerprint density at radius 1 is 1.17 bits per heavy atom. The number of nitrogens with one attached hydrogen (secondary N) is 1. The van der Waals surface area contributed by atoms with E-state index in [0.717, 1.165) is 22.0 Å². The summed E-state index contributed by atoms with van der Waals surface area (Å²) < 4.78 is 0. The van der Waals surface area contributed by atoms with Crippen molar-refractivity contribution in [3.63, 3.8) is 0 Å². The predicted molar refractivity (Wildman–Crippen MR) is 93.6 cm³/mol. The first kappa shape index (κ1) is 15.5. The van der Waals surface area contributed by atoms with Crippen molar-refractivity contribution < 1.29 is 4.79 Å². The summed E-state index contributed by atoms with van der Waals surface area (Å²) in [4.78, 5) is 16.6. The molecule has 1 amide bonds. The van der Waals surface area contributed by atoms with Gasteiger partial charge in [-0.25, -0.2) is 0 Å². The molecule has 23 heavy (non-hydrogen) atoms. The van der Waals surface area contributed by atoms with Crippen LogP contribution in [0.5, 0.6) is 0 Å². The molecule has 1 unspecified atom stereocenters. The fraction of sp³-hybridized carbons (Fsp3) is 0.111. The predicted octanol–water partition coefficient (Wildman–Crippen LogP) is 3.57. The summed E-state index contributed by atoms with van der Waals surface area (Å²) in [5, 5.41) is 5.55. The van der Waals surface area contributed by atoms with Gasteiger partial charge in [0.05, 0.1) is 5.92 Å². The fourth-order valence-corrected chi connectivity index (χ4v) is 2.71. The van der Waals surface area contributed by atoms with Crippen molar-refractivity contribution in [3.8, 4) is 0 Å². The van der Waals surface area contributed by atoms with Gasteiger partial charge < -0.3 is 11.1 Å². The van der Waals surface area contributed by atoms with Gasteiger partial charge in [-0.05, 0) is 41.3 Å². The standard InChI is InChI=1S/C18H16ClN3O/c19-15-3-1-2-13(8-15)17(10-20)18(23)22-16-5-4-14-11-21-7-6-12(14)9-16/h1-9,11,17H,10,20H2,(H,22,23). The SMILES string of the molecule is NCC(C(=O)Nc1ccc2cnccc2c1)c1cccc(Cl)c1. The lowest BCUT2D eigenvalue weighted by Crippen LogP contribution is -2.27. The maximum absolute atomic E-state index is 12.5. The second-order valence-electron chi connectivity index (χ2n) is 5.27. The summed E-state index contributed by atoms with van der Waals surface area (Å²) in [6.45, 7) is 0.212. The fourth-order valence-electron chi connectivity index (χ4n) is 2.51. The molecule has 1 aromatic heterocycles. The summed E-state index contributed by atoms with van der Waals surface area (Å²) >= 11 is 6.00. The normalized spacial score (nSPS) is 12.1. The Bertz CT molecular complexity index is 850. The van der Waals surface area contributed by atoms with Crippen molar-refractivity contribution >= 4 is 34.0 Å². The first-order valence-electron chi connectivity index (χ1n) is 7.27. The number of rotatable bonds is 4. The average molecular weight is 326 g/mol. The number of amides is 1. The molecule has 0 saturated carbocycles. The number of nitrogens with two attached hydrogens (primary N) is 1. The molecule has 0 aliphatic rings. The molecule has 0 bridgehead atoms. The first-order chi connectivity index (χ1) is 11.2. The molecule has 1 atom stereocenters. The van der Waals surface area contributed by atoms with Crippen molar-refractivity contribution in [3.05, 3.63) is 71.5 Å². The van der Waals surface area contributed by atoms with Crippen molar-refractivity contribution in [2.24, 2.45) is 5.73 Å². The molecule has 116 valence electrons. The third kappa shape index (κ3) is 3.50. The zero-order valence-corrected chi connectivity index (χ0v) is 13.1. The van der Waals surface area contributed by atoms with E-state index in [1.54, 1.807) is 24.5 Å². The van der Waals surface area contributed by atoms with Crippen LogP contribution in [0.2, 0.25) is 5.02 Å². The molecule has 1 heterocycles. The van der Waals surface area contributed by atoms with E-state index in [-0.39, 0.29) is 12.5 Å². The number of halogens is 1. The third-order valence-corrected chi connectivity index (χ3v) is 3.95. The highest BCUT2D eigenvalue weighted by Crippen LogP contribution is 2.22. The van der Waals surface area contributed by atoms with Gasteiger partial charge in [0.1, 0.15) is 0 Å². The highest BCUT2D eigenvalue weighted by molar-refractivity contribution is 6.30. The van der Waals surface area contributed by atoms with Crippen molar-refractivity contribution in [1.82, 2.24) is 4.98 Å². The molecule has 0 aliphatic carbocycles. The molecular formula is C18H16ClN3O. The molecule has 3 aromatic rings. The van der Waals surface area contributed by atoms with Gasteiger partial charge in [-0.3, -0.25) is 9.78 Å². The molecule has 2 aromatic carbocycles. The molecule has 0 fully saturated rings. The quantitative estimate of drug-likeness (QED) is 0.770. The minimum absolute atomic E-state index is 0.150. The molecule has 3 N–H and O–H groups in total. The van der Waals surface area contributed by atoms with Crippen LogP contribution in [0, 0.1) is 0 Å². The Balaban J connectivity index is 1.83. The van der Waals surface area contributed by atoms with Gasteiger partial charge in [-0.1, -0.05) is 29.8 Å². The first-order valence-corrected chi connectivity index (χ1v) is 7.65. The molecule has 0 radical (unpaired) electrons. The van der Waals surface area contributed by atoms with Crippen molar-refractivity contribution in [2.45, 2.75) is 5.92 Å². The number of fused-ring (bicyclic) bond motifs is 1. The summed E-state index contributed by atoms with van der Waals surface area (Å²) in [6.07, 6.45) is 3.51. The van der Waals surface area contributed by atoms with E-state index in [1.807, 2.05) is 36.4 Å². The second-order valence-corrected chi connectivity index (χ2v) is 5.71. The maximum Gasteiger partial charge on any atom is 0.233 e. The van der Waals surface area contributed by atoms with Crippen molar-refractivity contribution in [1.29, 1.82) is 0 Å². The smallest absolute Gasteiger partial charge is 0.233 e. The number of nitrogens with zero attached hydrogens (tertiary/aromatic N) is 1. The number of hydrogen-bond donors (Lipinski definition) is 2. The summed E-state index contributed by atoms with van der Waals surface area (Å²) in [5.74, 6) is -0.593. The highest BCUT2D eigenvalue weighted by atomic mass is 35.5. The van der Waals surface area contributed by atoms with Gasteiger partial charge in [0.15, 0.2) is 0 Å². The molecule has 5 heteroatoms. The van der Waals surface area contributed by atoms with Gasteiger partial charge in [0, 0.05) is 35.0 Å². The van der Waals surface area contributed by atoms with Crippen LogP contribution in [0.3, 0.4) is 0 Å². The Morgan fingerprint density at radius 2 is 2.04 bits per heavy atom. The molecule has 0 spiro atoms. The van der Waals surface area contributed by atoms with Crippen LogP contribution in [-0.4, -0.2) is 17.4 Å². The van der Waals surface area contributed by atoms with Gasteiger partial charge in [0.25, 0.3) is 0 Å². The zero-order chi connectivity index (χ0) is 16.2. The largest absolute Gasteiger partial charge is 0.329 e.